The summed E-state index contributed by atoms with van der Waals surface area (Å²) in [6, 6.07) is 3.52. The number of halogens is 1. The van der Waals surface area contributed by atoms with E-state index in [1.807, 2.05) is 0 Å². The Kier molecular flexibility index (Phi) is 4.71. The first-order valence-corrected chi connectivity index (χ1v) is 7.81. The minimum Gasteiger partial charge on any atom is -0.460 e. The van der Waals surface area contributed by atoms with E-state index in [0.717, 1.165) is 24.8 Å². The molecule has 1 fully saturated rings. The third-order valence-corrected chi connectivity index (χ3v) is 4.05. The van der Waals surface area contributed by atoms with Crippen molar-refractivity contribution in [3.63, 3.8) is 0 Å². The minimum absolute atomic E-state index is 0.159. The number of carbonyl (C=O) groups excluding carboxylic acids is 1. The molecule has 1 aromatic rings. The highest BCUT2D eigenvalue weighted by atomic mass is 35.5. The summed E-state index contributed by atoms with van der Waals surface area (Å²) in [5.41, 5.74) is 6.88. The van der Waals surface area contributed by atoms with Gasteiger partial charge in [0.05, 0.1) is 5.02 Å². The van der Waals surface area contributed by atoms with Crippen molar-refractivity contribution in [2.75, 3.05) is 6.79 Å². The lowest BCUT2D eigenvalue weighted by molar-refractivity contribution is -0.147. The molecular formula is C15H19ClN2O4. The van der Waals surface area contributed by atoms with E-state index < -0.39 is 0 Å². The summed E-state index contributed by atoms with van der Waals surface area (Å²) in [7, 11) is 0. The predicted octanol–water partition coefficient (Wildman–Crippen LogP) is 2.15. The minimum atomic E-state index is -0.305. The summed E-state index contributed by atoms with van der Waals surface area (Å²) in [5, 5.41) is 0.463. The molecule has 0 aromatic heterocycles. The number of carbonyl (C=O) groups is 1. The summed E-state index contributed by atoms with van der Waals surface area (Å²) in [6.07, 6.45) is 2.86. The van der Waals surface area contributed by atoms with Crippen LogP contribution in [0.4, 0.5) is 0 Å². The van der Waals surface area contributed by atoms with Gasteiger partial charge in [-0.15, -0.1) is 0 Å². The van der Waals surface area contributed by atoms with Crippen LogP contribution in [-0.2, 0) is 16.1 Å². The lowest BCUT2D eigenvalue weighted by atomic mass is 10.1. The van der Waals surface area contributed by atoms with Crippen molar-refractivity contribution in [2.24, 2.45) is 0 Å². The van der Waals surface area contributed by atoms with Crippen LogP contribution in [0.5, 0.6) is 11.5 Å². The van der Waals surface area contributed by atoms with Gasteiger partial charge in [0.15, 0.2) is 11.5 Å². The fourth-order valence-corrected chi connectivity index (χ4v) is 2.96. The molecule has 0 saturated carbocycles. The maximum atomic E-state index is 12.1. The maximum Gasteiger partial charge on any atom is 0.324 e. The topological polar surface area (TPSA) is 68.8 Å². The van der Waals surface area contributed by atoms with Gasteiger partial charge in [0, 0.05) is 6.04 Å². The number of rotatable bonds is 5. The number of hydrogen-bond acceptors (Lipinski definition) is 6. The standard InChI is InChI=1S/C15H19ClN2O4/c1-2-3-10-6-12(18-17-10)15(19)20-7-9-4-11(16)14-13(5-9)21-8-22-14/h4-5,10,12,17-18H,2-3,6-8H2,1H3. The predicted molar refractivity (Wildman–Crippen MR) is 80.7 cm³/mol. The van der Waals surface area contributed by atoms with Crippen LogP contribution in [0.25, 0.3) is 0 Å². The number of hydrazine groups is 1. The summed E-state index contributed by atoms with van der Waals surface area (Å²) < 4.78 is 15.9. The van der Waals surface area contributed by atoms with E-state index in [4.69, 9.17) is 25.8 Å². The second-order valence-electron chi connectivity index (χ2n) is 5.48. The summed E-state index contributed by atoms with van der Waals surface area (Å²) in [6.45, 7) is 2.44. The van der Waals surface area contributed by atoms with Gasteiger partial charge in [0.25, 0.3) is 0 Å². The Labute approximate surface area is 134 Å². The van der Waals surface area contributed by atoms with Crippen LogP contribution in [-0.4, -0.2) is 24.8 Å². The zero-order valence-corrected chi connectivity index (χ0v) is 13.1. The Bertz CT molecular complexity index is 567. The van der Waals surface area contributed by atoms with Gasteiger partial charge in [-0.2, -0.15) is 0 Å². The number of fused-ring (bicyclic) bond motifs is 1. The molecule has 2 unspecified atom stereocenters. The van der Waals surface area contributed by atoms with Crippen molar-refractivity contribution in [1.82, 2.24) is 10.9 Å². The molecule has 2 atom stereocenters. The molecule has 2 aliphatic rings. The maximum absolute atomic E-state index is 12.1. The zero-order chi connectivity index (χ0) is 15.5. The summed E-state index contributed by atoms with van der Waals surface area (Å²) in [5.74, 6) is 0.864. The van der Waals surface area contributed by atoms with Crippen LogP contribution in [0.15, 0.2) is 12.1 Å². The fourth-order valence-electron chi connectivity index (χ4n) is 2.67. The molecule has 2 heterocycles. The Hall–Kier alpha value is -1.50. The lowest BCUT2D eigenvalue weighted by Crippen LogP contribution is -2.38. The first kappa shape index (κ1) is 15.4. The Morgan fingerprint density at radius 3 is 3.09 bits per heavy atom. The molecule has 22 heavy (non-hydrogen) atoms. The molecule has 0 bridgehead atoms. The molecule has 0 amide bonds. The van der Waals surface area contributed by atoms with Crippen LogP contribution in [0.1, 0.15) is 31.7 Å². The van der Waals surface area contributed by atoms with Gasteiger partial charge in [0.2, 0.25) is 6.79 Å². The zero-order valence-electron chi connectivity index (χ0n) is 12.4. The van der Waals surface area contributed by atoms with Crippen molar-refractivity contribution in [2.45, 2.75) is 44.9 Å². The van der Waals surface area contributed by atoms with Crippen LogP contribution in [0, 0.1) is 0 Å². The van der Waals surface area contributed by atoms with Gasteiger partial charge in [-0.1, -0.05) is 24.9 Å². The lowest BCUT2D eigenvalue weighted by Gasteiger charge is -2.10. The van der Waals surface area contributed by atoms with Crippen LogP contribution >= 0.6 is 11.6 Å². The number of ether oxygens (including phenoxy) is 3. The first-order valence-electron chi connectivity index (χ1n) is 7.43. The molecular weight excluding hydrogens is 308 g/mol. The Morgan fingerprint density at radius 2 is 2.27 bits per heavy atom. The number of nitrogens with one attached hydrogen (secondary N) is 2. The molecule has 0 radical (unpaired) electrons. The van der Waals surface area contributed by atoms with E-state index >= 15 is 0 Å². The number of benzene rings is 1. The number of hydrogen-bond donors (Lipinski definition) is 2. The average Bonchev–Trinajstić information content (AvgIpc) is 3.14. The molecule has 0 aliphatic carbocycles. The van der Waals surface area contributed by atoms with Crippen molar-refractivity contribution >= 4 is 17.6 Å². The smallest absolute Gasteiger partial charge is 0.324 e. The van der Waals surface area contributed by atoms with Gasteiger partial charge in [-0.25, -0.2) is 5.43 Å². The molecule has 7 heteroatoms. The molecule has 0 spiro atoms. The molecule has 3 rings (SSSR count). The van der Waals surface area contributed by atoms with Crippen LogP contribution in [0.3, 0.4) is 0 Å². The van der Waals surface area contributed by atoms with E-state index in [9.17, 15) is 4.79 Å². The summed E-state index contributed by atoms with van der Waals surface area (Å²) in [4.78, 5) is 12.1. The van der Waals surface area contributed by atoms with Crippen molar-refractivity contribution in [1.29, 1.82) is 0 Å². The van der Waals surface area contributed by atoms with E-state index in [-0.39, 0.29) is 25.4 Å². The quantitative estimate of drug-likeness (QED) is 0.808. The molecule has 2 aliphatic heterocycles. The third-order valence-electron chi connectivity index (χ3n) is 3.77. The van der Waals surface area contributed by atoms with E-state index in [0.29, 0.717) is 22.6 Å². The van der Waals surface area contributed by atoms with Gasteiger partial charge < -0.3 is 14.2 Å². The molecule has 1 aromatic carbocycles. The van der Waals surface area contributed by atoms with Gasteiger partial charge >= 0.3 is 5.97 Å². The van der Waals surface area contributed by atoms with Crippen LogP contribution in [0.2, 0.25) is 5.02 Å². The Balaban J connectivity index is 1.55. The monoisotopic (exact) mass is 326 g/mol. The van der Waals surface area contributed by atoms with Gasteiger partial charge in [0.1, 0.15) is 12.6 Å². The van der Waals surface area contributed by atoms with E-state index in [1.165, 1.54) is 0 Å². The second kappa shape index (κ2) is 6.73. The van der Waals surface area contributed by atoms with Gasteiger partial charge in [-0.3, -0.25) is 10.2 Å². The van der Waals surface area contributed by atoms with Crippen molar-refractivity contribution in [3.8, 4) is 11.5 Å². The average molecular weight is 327 g/mol. The second-order valence-corrected chi connectivity index (χ2v) is 5.89. The molecule has 6 nitrogen and oxygen atoms in total. The number of esters is 1. The van der Waals surface area contributed by atoms with E-state index in [1.54, 1.807) is 12.1 Å². The van der Waals surface area contributed by atoms with Crippen LogP contribution < -0.4 is 20.3 Å². The fraction of sp³-hybridized carbons (Fsp3) is 0.533. The van der Waals surface area contributed by atoms with Crippen molar-refractivity contribution < 1.29 is 19.0 Å². The SMILES string of the molecule is CCCC1CC(C(=O)OCc2cc(Cl)c3c(c2)OCO3)NN1. The summed E-state index contributed by atoms with van der Waals surface area (Å²) >= 11 is 6.10. The highest BCUT2D eigenvalue weighted by molar-refractivity contribution is 6.32. The normalized spacial score (nSPS) is 22.8. The molecule has 120 valence electrons. The molecule has 1 saturated heterocycles. The third kappa shape index (κ3) is 3.29. The first-order chi connectivity index (χ1) is 10.7. The largest absolute Gasteiger partial charge is 0.460 e. The van der Waals surface area contributed by atoms with Gasteiger partial charge in [-0.05, 0) is 30.5 Å². The van der Waals surface area contributed by atoms with E-state index in [2.05, 4.69) is 17.8 Å². The molecule has 2 N–H and O–H groups in total. The highest BCUT2D eigenvalue weighted by Gasteiger charge is 2.30. The highest BCUT2D eigenvalue weighted by Crippen LogP contribution is 2.39. The Morgan fingerprint density at radius 1 is 1.41 bits per heavy atom. The van der Waals surface area contributed by atoms with Crippen molar-refractivity contribution in [3.05, 3.63) is 22.7 Å².